The second kappa shape index (κ2) is 5.98. The summed E-state index contributed by atoms with van der Waals surface area (Å²) in [4.78, 5) is 16.0. The van der Waals surface area contributed by atoms with Crippen LogP contribution in [0.4, 0.5) is 0 Å². The molecule has 2 nitrogen and oxygen atoms in total. The molecule has 0 N–H and O–H groups in total. The lowest BCUT2D eigenvalue weighted by molar-refractivity contribution is 0.112. The van der Waals surface area contributed by atoms with E-state index in [0.717, 1.165) is 27.1 Å². The number of pyridine rings is 1. The fourth-order valence-corrected chi connectivity index (χ4v) is 2.34. The third-order valence-corrected chi connectivity index (χ3v) is 3.71. The molecule has 0 aliphatic rings. The SMILES string of the molecule is O=Cc1ccc(SCc2ccc(Br)cn2)cc1. The molecule has 0 saturated heterocycles. The molecule has 17 heavy (non-hydrogen) atoms. The first-order chi connectivity index (χ1) is 8.28. The van der Waals surface area contributed by atoms with Crippen LogP contribution in [0.15, 0.2) is 52.0 Å². The number of halogens is 1. The lowest BCUT2D eigenvalue weighted by Crippen LogP contribution is -1.86. The fourth-order valence-electron chi connectivity index (χ4n) is 1.29. The maximum absolute atomic E-state index is 10.5. The van der Waals surface area contributed by atoms with E-state index in [1.165, 1.54) is 0 Å². The zero-order valence-corrected chi connectivity index (χ0v) is 11.4. The number of carbonyl (C=O) groups is 1. The van der Waals surface area contributed by atoms with Gasteiger partial charge in [0.15, 0.2) is 0 Å². The van der Waals surface area contributed by atoms with Crippen LogP contribution in [-0.4, -0.2) is 11.3 Å². The van der Waals surface area contributed by atoms with Crippen molar-refractivity contribution in [2.45, 2.75) is 10.6 Å². The Morgan fingerprint density at radius 1 is 1.18 bits per heavy atom. The van der Waals surface area contributed by atoms with Gasteiger partial charge in [0.2, 0.25) is 0 Å². The highest BCUT2D eigenvalue weighted by molar-refractivity contribution is 9.10. The summed E-state index contributed by atoms with van der Waals surface area (Å²) in [6.45, 7) is 0. The second-order valence-corrected chi connectivity index (χ2v) is 5.41. The molecule has 2 aromatic rings. The van der Waals surface area contributed by atoms with Gasteiger partial charge in [-0.2, -0.15) is 0 Å². The number of benzene rings is 1. The van der Waals surface area contributed by atoms with E-state index in [2.05, 4.69) is 20.9 Å². The van der Waals surface area contributed by atoms with Gasteiger partial charge in [0.1, 0.15) is 6.29 Å². The Balaban J connectivity index is 1.97. The zero-order valence-electron chi connectivity index (χ0n) is 8.97. The predicted molar refractivity (Wildman–Crippen MR) is 73.3 cm³/mol. The van der Waals surface area contributed by atoms with E-state index < -0.39 is 0 Å². The molecule has 4 heteroatoms. The fraction of sp³-hybridized carbons (Fsp3) is 0.0769. The van der Waals surface area contributed by atoms with Crippen LogP contribution in [0.5, 0.6) is 0 Å². The van der Waals surface area contributed by atoms with Crippen LogP contribution in [0.2, 0.25) is 0 Å². The molecule has 0 fully saturated rings. The molecule has 1 aromatic heterocycles. The highest BCUT2D eigenvalue weighted by Crippen LogP contribution is 2.22. The Kier molecular flexibility index (Phi) is 4.34. The third kappa shape index (κ3) is 3.68. The Morgan fingerprint density at radius 2 is 1.94 bits per heavy atom. The summed E-state index contributed by atoms with van der Waals surface area (Å²) in [5.74, 6) is 0.827. The van der Waals surface area contributed by atoms with Crippen LogP contribution >= 0.6 is 27.7 Å². The van der Waals surface area contributed by atoms with Crippen molar-refractivity contribution < 1.29 is 4.79 Å². The summed E-state index contributed by atoms with van der Waals surface area (Å²) in [5.41, 5.74) is 1.74. The topological polar surface area (TPSA) is 30.0 Å². The lowest BCUT2D eigenvalue weighted by Gasteiger charge is -2.01. The van der Waals surface area contributed by atoms with E-state index >= 15 is 0 Å². The van der Waals surface area contributed by atoms with Gasteiger partial charge in [-0.25, -0.2) is 0 Å². The van der Waals surface area contributed by atoms with Crippen LogP contribution in [0.25, 0.3) is 0 Å². The van der Waals surface area contributed by atoms with Crippen LogP contribution in [-0.2, 0) is 5.75 Å². The number of carbonyl (C=O) groups excluding carboxylic acids is 1. The van der Waals surface area contributed by atoms with E-state index in [-0.39, 0.29) is 0 Å². The molecule has 0 saturated carbocycles. The Morgan fingerprint density at radius 3 is 2.53 bits per heavy atom. The highest BCUT2D eigenvalue weighted by atomic mass is 79.9. The molecule has 0 aliphatic carbocycles. The molecule has 0 radical (unpaired) electrons. The first-order valence-corrected chi connectivity index (χ1v) is 6.84. The Hall–Kier alpha value is -1.13. The highest BCUT2D eigenvalue weighted by Gasteiger charge is 1.98. The summed E-state index contributed by atoms with van der Waals surface area (Å²) in [6.07, 6.45) is 2.65. The first-order valence-electron chi connectivity index (χ1n) is 5.06. The number of nitrogens with zero attached hydrogens (tertiary/aromatic N) is 1. The molecule has 0 unspecified atom stereocenters. The summed E-state index contributed by atoms with van der Waals surface area (Å²) in [5, 5.41) is 0. The molecule has 0 atom stereocenters. The smallest absolute Gasteiger partial charge is 0.150 e. The van der Waals surface area contributed by atoms with Crippen molar-refractivity contribution in [1.29, 1.82) is 0 Å². The average Bonchev–Trinajstić information content (AvgIpc) is 2.39. The van der Waals surface area contributed by atoms with Crippen molar-refractivity contribution in [1.82, 2.24) is 4.98 Å². The molecule has 1 heterocycles. The Bertz CT molecular complexity index is 496. The molecule has 0 bridgehead atoms. The van der Waals surface area contributed by atoms with Gasteiger partial charge < -0.3 is 0 Å². The summed E-state index contributed by atoms with van der Waals surface area (Å²) < 4.78 is 0.988. The van der Waals surface area contributed by atoms with E-state index in [4.69, 9.17) is 0 Å². The average molecular weight is 308 g/mol. The van der Waals surface area contributed by atoms with Crippen LogP contribution in [0.3, 0.4) is 0 Å². The minimum atomic E-state index is 0.705. The van der Waals surface area contributed by atoms with Gasteiger partial charge in [0, 0.05) is 26.9 Å². The van der Waals surface area contributed by atoms with Crippen molar-refractivity contribution in [2.24, 2.45) is 0 Å². The van der Waals surface area contributed by atoms with Crippen molar-refractivity contribution in [3.63, 3.8) is 0 Å². The summed E-state index contributed by atoms with van der Waals surface area (Å²) >= 11 is 5.06. The molecule has 0 amide bonds. The number of thioether (sulfide) groups is 1. The molecule has 0 spiro atoms. The van der Waals surface area contributed by atoms with Crippen LogP contribution in [0, 0.1) is 0 Å². The molecular formula is C13H10BrNOS. The second-order valence-electron chi connectivity index (χ2n) is 3.44. The minimum Gasteiger partial charge on any atom is -0.298 e. The van der Waals surface area contributed by atoms with E-state index in [1.807, 2.05) is 36.4 Å². The third-order valence-electron chi connectivity index (χ3n) is 2.19. The quantitative estimate of drug-likeness (QED) is 0.633. The van der Waals surface area contributed by atoms with E-state index in [0.29, 0.717) is 5.56 Å². The van der Waals surface area contributed by atoms with Gasteiger partial charge in [-0.05, 0) is 40.2 Å². The van der Waals surface area contributed by atoms with Crippen molar-refractivity contribution >= 4 is 34.0 Å². The van der Waals surface area contributed by atoms with Gasteiger partial charge >= 0.3 is 0 Å². The van der Waals surface area contributed by atoms with Crippen molar-refractivity contribution in [3.05, 3.63) is 58.3 Å². The van der Waals surface area contributed by atoms with Crippen LogP contribution in [0.1, 0.15) is 16.1 Å². The zero-order chi connectivity index (χ0) is 12.1. The molecule has 1 aromatic carbocycles. The standard InChI is InChI=1S/C13H10BrNOS/c14-11-3-4-12(15-7-11)9-17-13-5-1-10(8-16)2-6-13/h1-8H,9H2. The molecule has 0 aliphatic heterocycles. The van der Waals surface area contributed by atoms with Gasteiger partial charge in [-0.3, -0.25) is 9.78 Å². The lowest BCUT2D eigenvalue weighted by atomic mass is 10.2. The molecule has 86 valence electrons. The predicted octanol–water partition coefficient (Wildman–Crippen LogP) is 3.95. The van der Waals surface area contributed by atoms with E-state index in [1.54, 1.807) is 18.0 Å². The van der Waals surface area contributed by atoms with Crippen molar-refractivity contribution in [3.8, 4) is 0 Å². The maximum Gasteiger partial charge on any atom is 0.150 e. The number of rotatable bonds is 4. The Labute approximate surface area is 113 Å². The molecule has 2 rings (SSSR count). The number of aromatic nitrogens is 1. The first kappa shape index (κ1) is 12.3. The number of hydrogen-bond acceptors (Lipinski definition) is 3. The maximum atomic E-state index is 10.5. The number of aldehydes is 1. The van der Waals surface area contributed by atoms with Gasteiger partial charge in [0.25, 0.3) is 0 Å². The van der Waals surface area contributed by atoms with Crippen molar-refractivity contribution in [2.75, 3.05) is 0 Å². The van der Waals surface area contributed by atoms with E-state index in [9.17, 15) is 4.79 Å². The normalized spacial score (nSPS) is 10.2. The van der Waals surface area contributed by atoms with Gasteiger partial charge in [-0.15, -0.1) is 11.8 Å². The summed E-state index contributed by atoms with van der Waals surface area (Å²) in [6, 6.07) is 11.5. The van der Waals surface area contributed by atoms with Gasteiger partial charge in [-0.1, -0.05) is 12.1 Å². The summed E-state index contributed by atoms with van der Waals surface area (Å²) in [7, 11) is 0. The monoisotopic (exact) mass is 307 g/mol. The minimum absolute atomic E-state index is 0.705. The van der Waals surface area contributed by atoms with Crippen LogP contribution < -0.4 is 0 Å². The van der Waals surface area contributed by atoms with Gasteiger partial charge in [0.05, 0.1) is 5.69 Å². The largest absolute Gasteiger partial charge is 0.298 e. The molecular weight excluding hydrogens is 298 g/mol. The number of hydrogen-bond donors (Lipinski definition) is 0.